The Morgan fingerprint density at radius 2 is 1.82 bits per heavy atom. The number of carbonyl (C=O) groups is 1. The van der Waals surface area contributed by atoms with E-state index in [4.69, 9.17) is 23.2 Å². The molecular weight excluding hydrogens is 419 g/mol. The summed E-state index contributed by atoms with van der Waals surface area (Å²) in [6.45, 7) is 2.71. The Balaban J connectivity index is 1.90. The third-order valence-corrected chi connectivity index (χ3v) is 6.05. The largest absolute Gasteiger partial charge is 0.356 e. The van der Waals surface area contributed by atoms with Crippen molar-refractivity contribution in [3.63, 3.8) is 0 Å². The molecule has 2 rings (SSSR count). The Bertz CT molecular complexity index is 905. The van der Waals surface area contributed by atoms with Crippen LogP contribution in [0.2, 0.25) is 10.0 Å². The zero-order chi connectivity index (χ0) is 20.7. The van der Waals surface area contributed by atoms with Gasteiger partial charge in [-0.2, -0.15) is 0 Å². The minimum Gasteiger partial charge on any atom is -0.356 e. The topological polar surface area (TPSA) is 66.5 Å². The van der Waals surface area contributed by atoms with Crippen molar-refractivity contribution in [3.8, 4) is 0 Å². The first-order valence-electron chi connectivity index (χ1n) is 8.93. The maximum atomic E-state index is 12.2. The molecule has 5 nitrogen and oxygen atoms in total. The van der Waals surface area contributed by atoms with Gasteiger partial charge in [0.2, 0.25) is 15.9 Å². The molecule has 8 heteroatoms. The van der Waals surface area contributed by atoms with Crippen molar-refractivity contribution < 1.29 is 13.2 Å². The molecule has 0 saturated heterocycles. The van der Waals surface area contributed by atoms with Crippen molar-refractivity contribution in [1.29, 1.82) is 0 Å². The second-order valence-corrected chi connectivity index (χ2v) is 9.40. The lowest BCUT2D eigenvalue weighted by atomic mass is 10.0. The number of hydrogen-bond acceptors (Lipinski definition) is 3. The van der Waals surface area contributed by atoms with Gasteiger partial charge in [-0.3, -0.25) is 9.10 Å². The third-order valence-electron chi connectivity index (χ3n) is 4.32. The quantitative estimate of drug-likeness (QED) is 0.623. The fourth-order valence-corrected chi connectivity index (χ4v) is 4.18. The normalized spacial score (nSPS) is 12.4. The van der Waals surface area contributed by atoms with Gasteiger partial charge in [0.15, 0.2) is 0 Å². The molecule has 0 aliphatic rings. The first kappa shape index (κ1) is 22.5. The number of anilines is 1. The van der Waals surface area contributed by atoms with Crippen LogP contribution in [-0.4, -0.2) is 33.7 Å². The van der Waals surface area contributed by atoms with Crippen molar-refractivity contribution >= 4 is 44.8 Å². The Labute approximate surface area is 176 Å². The predicted octanol–water partition coefficient (Wildman–Crippen LogP) is 4.46. The lowest BCUT2D eigenvalue weighted by Gasteiger charge is -2.23. The molecule has 0 heterocycles. The van der Waals surface area contributed by atoms with Crippen LogP contribution >= 0.6 is 23.2 Å². The lowest BCUT2D eigenvalue weighted by Crippen LogP contribution is -2.33. The number of benzene rings is 2. The summed E-state index contributed by atoms with van der Waals surface area (Å²) in [5.74, 6) is 0.0800. The molecule has 1 N–H and O–H groups in total. The Hall–Kier alpha value is -1.76. The Kier molecular flexibility index (Phi) is 8.16. The standard InChI is InChI=1S/C20H24Cl2N2O3S/c1-15(16-7-4-3-5-8-16)14-23-20(25)9-6-12-24(28(2,26)27)19-13-17(21)10-11-18(19)22/h3-5,7-8,10-11,13,15H,6,9,12,14H2,1-2H3,(H,23,25)/t15-/m1/s1. The number of rotatable bonds is 9. The molecule has 0 spiro atoms. The highest BCUT2D eigenvalue weighted by molar-refractivity contribution is 7.92. The van der Waals surface area contributed by atoms with Crippen LogP contribution in [0, 0.1) is 0 Å². The van der Waals surface area contributed by atoms with E-state index >= 15 is 0 Å². The van der Waals surface area contributed by atoms with Crippen LogP contribution in [0.15, 0.2) is 48.5 Å². The van der Waals surface area contributed by atoms with Gasteiger partial charge in [-0.05, 0) is 36.1 Å². The van der Waals surface area contributed by atoms with E-state index in [0.29, 0.717) is 23.7 Å². The number of carbonyl (C=O) groups excluding carboxylic acids is 1. The average molecular weight is 443 g/mol. The van der Waals surface area contributed by atoms with E-state index in [1.54, 1.807) is 12.1 Å². The second-order valence-electron chi connectivity index (χ2n) is 6.65. The first-order valence-corrected chi connectivity index (χ1v) is 11.5. The van der Waals surface area contributed by atoms with Crippen LogP contribution in [0.1, 0.15) is 31.2 Å². The first-order chi connectivity index (χ1) is 13.2. The summed E-state index contributed by atoms with van der Waals surface area (Å²) in [5.41, 5.74) is 1.47. The highest BCUT2D eigenvalue weighted by Crippen LogP contribution is 2.30. The van der Waals surface area contributed by atoms with Gasteiger partial charge in [-0.15, -0.1) is 0 Å². The number of nitrogens with zero attached hydrogens (tertiary/aromatic N) is 1. The smallest absolute Gasteiger partial charge is 0.232 e. The van der Waals surface area contributed by atoms with Gasteiger partial charge < -0.3 is 5.32 Å². The van der Waals surface area contributed by atoms with Gasteiger partial charge in [-0.25, -0.2) is 8.42 Å². The van der Waals surface area contributed by atoms with Crippen LogP contribution in [0.4, 0.5) is 5.69 Å². The molecule has 0 aliphatic heterocycles. The molecule has 152 valence electrons. The lowest BCUT2D eigenvalue weighted by molar-refractivity contribution is -0.121. The number of halogens is 2. The van der Waals surface area contributed by atoms with E-state index in [2.05, 4.69) is 5.32 Å². The van der Waals surface area contributed by atoms with E-state index in [9.17, 15) is 13.2 Å². The van der Waals surface area contributed by atoms with Gasteiger partial charge in [0.25, 0.3) is 0 Å². The monoisotopic (exact) mass is 442 g/mol. The molecule has 0 saturated carbocycles. The third kappa shape index (κ3) is 6.69. The van der Waals surface area contributed by atoms with Crippen LogP contribution in [0.3, 0.4) is 0 Å². The van der Waals surface area contributed by atoms with Gasteiger partial charge in [-0.1, -0.05) is 60.5 Å². The highest BCUT2D eigenvalue weighted by Gasteiger charge is 2.20. The van der Waals surface area contributed by atoms with Gasteiger partial charge in [0.05, 0.1) is 17.0 Å². The molecule has 28 heavy (non-hydrogen) atoms. The number of sulfonamides is 1. The molecule has 0 radical (unpaired) electrons. The second kappa shape index (κ2) is 10.1. The fourth-order valence-electron chi connectivity index (χ4n) is 2.78. The molecule has 0 fully saturated rings. The summed E-state index contributed by atoms with van der Waals surface area (Å²) < 4.78 is 25.5. The van der Waals surface area contributed by atoms with Gasteiger partial charge >= 0.3 is 0 Å². The van der Waals surface area contributed by atoms with Gasteiger partial charge in [0.1, 0.15) is 0 Å². The molecule has 0 bridgehead atoms. The summed E-state index contributed by atoms with van der Waals surface area (Å²) in [6, 6.07) is 14.6. The van der Waals surface area contributed by atoms with Crippen LogP contribution < -0.4 is 9.62 Å². The fraction of sp³-hybridized carbons (Fsp3) is 0.350. The van der Waals surface area contributed by atoms with Gasteiger partial charge in [0, 0.05) is 24.5 Å². The summed E-state index contributed by atoms with van der Waals surface area (Å²) >= 11 is 12.1. The van der Waals surface area contributed by atoms with E-state index in [1.165, 1.54) is 10.4 Å². The van der Waals surface area contributed by atoms with Crippen LogP contribution in [0.25, 0.3) is 0 Å². The summed E-state index contributed by atoms with van der Waals surface area (Å²) in [4.78, 5) is 12.1. The summed E-state index contributed by atoms with van der Waals surface area (Å²) in [6.07, 6.45) is 1.68. The van der Waals surface area contributed by atoms with Crippen LogP contribution in [-0.2, 0) is 14.8 Å². The highest BCUT2D eigenvalue weighted by atomic mass is 35.5. The SMILES string of the molecule is C[C@H](CNC(=O)CCCN(c1cc(Cl)ccc1Cl)S(C)(=O)=O)c1ccccc1. The van der Waals surface area contributed by atoms with E-state index in [1.807, 2.05) is 37.3 Å². The van der Waals surface area contributed by atoms with Crippen molar-refractivity contribution in [2.45, 2.75) is 25.7 Å². The average Bonchev–Trinajstić information content (AvgIpc) is 2.65. The van der Waals surface area contributed by atoms with E-state index in [-0.39, 0.29) is 29.8 Å². The van der Waals surface area contributed by atoms with Crippen molar-refractivity contribution in [2.24, 2.45) is 0 Å². The van der Waals surface area contributed by atoms with Crippen molar-refractivity contribution in [2.75, 3.05) is 23.7 Å². The maximum absolute atomic E-state index is 12.2. The number of nitrogens with one attached hydrogen (secondary N) is 1. The Morgan fingerprint density at radius 1 is 1.14 bits per heavy atom. The van der Waals surface area contributed by atoms with Crippen molar-refractivity contribution in [3.05, 3.63) is 64.1 Å². The molecule has 0 aliphatic carbocycles. The van der Waals surface area contributed by atoms with E-state index in [0.717, 1.165) is 11.8 Å². The molecule has 2 aromatic carbocycles. The molecule has 1 atom stereocenters. The zero-order valence-electron chi connectivity index (χ0n) is 15.9. The summed E-state index contributed by atoms with van der Waals surface area (Å²) in [7, 11) is -3.56. The zero-order valence-corrected chi connectivity index (χ0v) is 18.2. The number of amides is 1. The molecule has 0 aromatic heterocycles. The maximum Gasteiger partial charge on any atom is 0.232 e. The predicted molar refractivity (Wildman–Crippen MR) is 116 cm³/mol. The molecule has 0 unspecified atom stereocenters. The van der Waals surface area contributed by atoms with E-state index < -0.39 is 10.0 Å². The molecular formula is C20H24Cl2N2O3S. The minimum atomic E-state index is -3.56. The number of hydrogen-bond donors (Lipinski definition) is 1. The van der Waals surface area contributed by atoms with Crippen molar-refractivity contribution in [1.82, 2.24) is 5.32 Å². The summed E-state index contributed by atoms with van der Waals surface area (Å²) in [5, 5.41) is 3.58. The molecule has 2 aromatic rings. The van der Waals surface area contributed by atoms with Crippen LogP contribution in [0.5, 0.6) is 0 Å². The minimum absolute atomic E-state index is 0.117. The molecule has 1 amide bonds. The Morgan fingerprint density at radius 3 is 2.46 bits per heavy atom.